The van der Waals surface area contributed by atoms with E-state index in [2.05, 4.69) is 25.6 Å². The zero-order valence-electron chi connectivity index (χ0n) is 14.4. The summed E-state index contributed by atoms with van der Waals surface area (Å²) in [6, 6.07) is 4.06. The Labute approximate surface area is 151 Å². The Balaban J connectivity index is 1.72. The fraction of sp³-hybridized carbons (Fsp3) is 0.333. The highest BCUT2D eigenvalue weighted by atomic mass is 16.5. The van der Waals surface area contributed by atoms with Crippen LogP contribution in [0.4, 0.5) is 5.82 Å². The number of nitrogens with zero attached hydrogens (tertiary/aromatic N) is 3. The Morgan fingerprint density at radius 2 is 2.15 bits per heavy atom. The van der Waals surface area contributed by atoms with Crippen molar-refractivity contribution in [1.82, 2.24) is 25.7 Å². The van der Waals surface area contributed by atoms with Crippen LogP contribution >= 0.6 is 0 Å². The molecule has 0 saturated carbocycles. The molecular formula is C18H22N6O2. The van der Waals surface area contributed by atoms with E-state index >= 15 is 0 Å². The van der Waals surface area contributed by atoms with Crippen molar-refractivity contribution in [2.45, 2.75) is 24.8 Å². The third kappa shape index (κ3) is 4.84. The van der Waals surface area contributed by atoms with Crippen LogP contribution < -0.4 is 16.1 Å². The van der Waals surface area contributed by atoms with Gasteiger partial charge in [-0.05, 0) is 49.6 Å². The topological polar surface area (TPSA) is 112 Å². The molecule has 26 heavy (non-hydrogen) atoms. The fourth-order valence-electron chi connectivity index (χ4n) is 3.12. The lowest BCUT2D eigenvalue weighted by Gasteiger charge is -2.39. The molecule has 0 aliphatic carbocycles. The van der Waals surface area contributed by atoms with Gasteiger partial charge in [0.15, 0.2) is 0 Å². The molecule has 2 aromatic rings. The Hall–Kier alpha value is -2.84. The first kappa shape index (κ1) is 18.0. The van der Waals surface area contributed by atoms with E-state index in [1.54, 1.807) is 12.4 Å². The highest BCUT2D eigenvalue weighted by Gasteiger charge is 2.32. The molecule has 4 N–H and O–H groups in total. The summed E-state index contributed by atoms with van der Waals surface area (Å²) in [5.74, 6) is 0.0742. The molecule has 136 valence electrons. The molecule has 3 rings (SSSR count). The summed E-state index contributed by atoms with van der Waals surface area (Å²) in [5, 5.41) is 15.5. The van der Waals surface area contributed by atoms with E-state index in [1.807, 2.05) is 24.5 Å². The zero-order chi connectivity index (χ0) is 18.2. The minimum atomic E-state index is -0.612. The SMILES string of the molecule is O=C(/C=C/c1cnc(N[C@@]2(Cc3ccncc3)CCCNC2)cn1)NO. The number of amides is 1. The summed E-state index contributed by atoms with van der Waals surface area (Å²) in [7, 11) is 0. The number of hydroxylamine groups is 1. The quantitative estimate of drug-likeness (QED) is 0.350. The van der Waals surface area contributed by atoms with Gasteiger partial charge < -0.3 is 10.6 Å². The van der Waals surface area contributed by atoms with Gasteiger partial charge >= 0.3 is 0 Å². The molecule has 1 atom stereocenters. The molecule has 1 saturated heterocycles. The molecule has 0 radical (unpaired) electrons. The number of hydrogen-bond acceptors (Lipinski definition) is 7. The molecule has 0 aromatic carbocycles. The molecule has 8 heteroatoms. The van der Waals surface area contributed by atoms with Crippen LogP contribution in [0.5, 0.6) is 0 Å². The van der Waals surface area contributed by atoms with Gasteiger partial charge in [-0.1, -0.05) is 0 Å². The van der Waals surface area contributed by atoms with Gasteiger partial charge in [0.1, 0.15) is 5.82 Å². The van der Waals surface area contributed by atoms with Crippen molar-refractivity contribution in [3.63, 3.8) is 0 Å². The normalized spacial score (nSPS) is 20.0. The Kier molecular flexibility index (Phi) is 5.88. The summed E-state index contributed by atoms with van der Waals surface area (Å²) >= 11 is 0. The van der Waals surface area contributed by atoms with Gasteiger partial charge in [0.2, 0.25) is 0 Å². The van der Waals surface area contributed by atoms with E-state index in [-0.39, 0.29) is 5.54 Å². The maximum atomic E-state index is 11.0. The van der Waals surface area contributed by atoms with Crippen molar-refractivity contribution in [3.8, 4) is 0 Å². The summed E-state index contributed by atoms with van der Waals surface area (Å²) in [6.07, 6.45) is 12.5. The number of nitrogens with one attached hydrogen (secondary N) is 3. The Morgan fingerprint density at radius 1 is 1.31 bits per heavy atom. The van der Waals surface area contributed by atoms with Crippen molar-refractivity contribution in [2.75, 3.05) is 18.4 Å². The molecule has 3 heterocycles. The van der Waals surface area contributed by atoms with E-state index in [4.69, 9.17) is 5.21 Å². The number of aromatic nitrogens is 3. The molecule has 1 fully saturated rings. The minimum Gasteiger partial charge on any atom is -0.362 e. The maximum absolute atomic E-state index is 11.0. The highest BCUT2D eigenvalue weighted by molar-refractivity contribution is 5.90. The van der Waals surface area contributed by atoms with Gasteiger partial charge in [0.25, 0.3) is 5.91 Å². The van der Waals surface area contributed by atoms with E-state index in [1.165, 1.54) is 23.2 Å². The number of hydrogen-bond donors (Lipinski definition) is 4. The van der Waals surface area contributed by atoms with Crippen LogP contribution in [0, 0.1) is 0 Å². The van der Waals surface area contributed by atoms with Crippen molar-refractivity contribution < 1.29 is 10.0 Å². The fourth-order valence-corrected chi connectivity index (χ4v) is 3.12. The standard InChI is InChI=1S/C18H22N6O2/c25-17(24-26)3-2-15-11-22-16(12-21-15)23-18(6-1-7-20-13-18)10-14-4-8-19-9-5-14/h2-5,8-9,11-12,20,26H,1,6-7,10,13H2,(H,22,23)(H,24,25)/b3-2+/t18-/m1/s1. The molecule has 1 amide bonds. The van der Waals surface area contributed by atoms with E-state index in [0.29, 0.717) is 11.5 Å². The lowest BCUT2D eigenvalue weighted by Crippen LogP contribution is -2.53. The number of anilines is 1. The van der Waals surface area contributed by atoms with Gasteiger partial charge in [-0.25, -0.2) is 10.5 Å². The summed E-state index contributed by atoms with van der Waals surface area (Å²) in [5.41, 5.74) is 3.15. The van der Waals surface area contributed by atoms with Crippen molar-refractivity contribution in [1.29, 1.82) is 0 Å². The molecule has 0 bridgehead atoms. The predicted molar refractivity (Wildman–Crippen MR) is 97.4 cm³/mol. The first-order valence-electron chi connectivity index (χ1n) is 8.51. The molecule has 0 unspecified atom stereocenters. The van der Waals surface area contributed by atoms with Crippen LogP contribution in [-0.4, -0.2) is 44.7 Å². The van der Waals surface area contributed by atoms with Crippen LogP contribution in [0.2, 0.25) is 0 Å². The average Bonchev–Trinajstić information content (AvgIpc) is 2.68. The molecule has 2 aromatic heterocycles. The summed E-state index contributed by atoms with van der Waals surface area (Å²) in [4.78, 5) is 23.8. The molecule has 0 spiro atoms. The average molecular weight is 354 g/mol. The van der Waals surface area contributed by atoms with Crippen molar-refractivity contribution >= 4 is 17.8 Å². The molecular weight excluding hydrogens is 332 g/mol. The third-order valence-electron chi connectivity index (χ3n) is 4.34. The summed E-state index contributed by atoms with van der Waals surface area (Å²) < 4.78 is 0. The van der Waals surface area contributed by atoms with E-state index in [0.717, 1.165) is 32.4 Å². The van der Waals surface area contributed by atoms with Crippen LogP contribution in [0.1, 0.15) is 24.1 Å². The van der Waals surface area contributed by atoms with Crippen molar-refractivity contribution in [2.24, 2.45) is 0 Å². The van der Waals surface area contributed by atoms with Gasteiger partial charge in [0.05, 0.1) is 23.6 Å². The van der Waals surface area contributed by atoms with Gasteiger partial charge in [-0.15, -0.1) is 0 Å². The number of carbonyl (C=O) groups is 1. The van der Waals surface area contributed by atoms with Gasteiger partial charge in [-0.3, -0.25) is 20.0 Å². The highest BCUT2D eigenvalue weighted by Crippen LogP contribution is 2.25. The van der Waals surface area contributed by atoms with Crippen LogP contribution in [0.3, 0.4) is 0 Å². The zero-order valence-corrected chi connectivity index (χ0v) is 14.4. The Bertz CT molecular complexity index is 742. The number of carbonyl (C=O) groups excluding carboxylic acids is 1. The predicted octanol–water partition coefficient (Wildman–Crippen LogP) is 1.17. The number of piperidine rings is 1. The number of rotatable bonds is 6. The largest absolute Gasteiger partial charge is 0.362 e. The van der Waals surface area contributed by atoms with Crippen LogP contribution in [-0.2, 0) is 11.2 Å². The number of pyridine rings is 1. The first-order valence-corrected chi connectivity index (χ1v) is 8.51. The maximum Gasteiger partial charge on any atom is 0.267 e. The summed E-state index contributed by atoms with van der Waals surface area (Å²) in [6.45, 7) is 1.86. The van der Waals surface area contributed by atoms with E-state index < -0.39 is 5.91 Å². The Morgan fingerprint density at radius 3 is 2.81 bits per heavy atom. The second-order valence-corrected chi connectivity index (χ2v) is 6.35. The van der Waals surface area contributed by atoms with E-state index in [9.17, 15) is 4.79 Å². The van der Waals surface area contributed by atoms with Gasteiger partial charge in [0, 0.05) is 25.0 Å². The molecule has 1 aliphatic rings. The van der Waals surface area contributed by atoms with Gasteiger partial charge in [-0.2, -0.15) is 0 Å². The third-order valence-corrected chi connectivity index (χ3v) is 4.34. The second-order valence-electron chi connectivity index (χ2n) is 6.35. The lowest BCUT2D eigenvalue weighted by molar-refractivity contribution is -0.124. The lowest BCUT2D eigenvalue weighted by atomic mass is 9.84. The second kappa shape index (κ2) is 8.50. The van der Waals surface area contributed by atoms with Crippen LogP contribution in [0.25, 0.3) is 6.08 Å². The smallest absolute Gasteiger partial charge is 0.267 e. The minimum absolute atomic E-state index is 0.136. The molecule has 1 aliphatic heterocycles. The van der Waals surface area contributed by atoms with Crippen molar-refractivity contribution in [3.05, 3.63) is 54.3 Å². The van der Waals surface area contributed by atoms with Crippen LogP contribution in [0.15, 0.2) is 43.0 Å². The monoisotopic (exact) mass is 354 g/mol. The first-order chi connectivity index (χ1) is 12.7. The molecule has 8 nitrogen and oxygen atoms in total.